The van der Waals surface area contributed by atoms with Gasteiger partial charge in [-0.3, -0.25) is 19.4 Å². The summed E-state index contributed by atoms with van der Waals surface area (Å²) in [6, 6.07) is 6.13. The van der Waals surface area contributed by atoms with Crippen LogP contribution < -0.4 is 0 Å². The molecule has 30 heavy (non-hydrogen) atoms. The molecule has 2 aliphatic heterocycles. The standard InChI is InChI=1S/C22H23N5O3/c1-26-12-15-8-14(2-3-17(15)25-26)13-29-16-9-22(10-16)21(28)27-19(4-5-20(27)30-22)18-11-23-6-7-24-18/h2-3,6-8,11-12,16,19-20H,4-5,9-10,13H2,1H3/t16?,19-,20+,22?/m0/s1. The Labute approximate surface area is 173 Å². The molecule has 3 aromatic rings. The van der Waals surface area contributed by atoms with E-state index in [4.69, 9.17) is 9.47 Å². The number of amides is 1. The Morgan fingerprint density at radius 3 is 3.00 bits per heavy atom. The molecule has 0 radical (unpaired) electrons. The monoisotopic (exact) mass is 405 g/mol. The van der Waals surface area contributed by atoms with Crippen LogP contribution in [0.25, 0.3) is 10.9 Å². The summed E-state index contributed by atoms with van der Waals surface area (Å²) in [6.07, 6.45) is 9.89. The van der Waals surface area contributed by atoms with E-state index in [-0.39, 0.29) is 24.3 Å². The molecule has 1 amide bonds. The van der Waals surface area contributed by atoms with Crippen molar-refractivity contribution in [1.82, 2.24) is 24.6 Å². The second kappa shape index (κ2) is 6.58. The highest BCUT2D eigenvalue weighted by atomic mass is 16.6. The molecule has 1 spiro atoms. The molecule has 1 aromatic carbocycles. The van der Waals surface area contributed by atoms with Gasteiger partial charge in [0, 0.05) is 43.9 Å². The summed E-state index contributed by atoms with van der Waals surface area (Å²) in [5, 5.41) is 5.50. The van der Waals surface area contributed by atoms with Crippen LogP contribution in [0, 0.1) is 0 Å². The highest BCUT2D eigenvalue weighted by Crippen LogP contribution is 2.51. The van der Waals surface area contributed by atoms with Crippen molar-refractivity contribution in [2.24, 2.45) is 7.05 Å². The Kier molecular flexibility index (Phi) is 3.94. The number of carbonyl (C=O) groups excluding carboxylic acids is 1. The predicted molar refractivity (Wildman–Crippen MR) is 107 cm³/mol. The molecule has 2 atom stereocenters. The molecule has 8 nitrogen and oxygen atoms in total. The molecule has 0 N–H and O–H groups in total. The second-order valence-electron chi connectivity index (χ2n) is 8.54. The van der Waals surface area contributed by atoms with Crippen LogP contribution in [0.4, 0.5) is 0 Å². The van der Waals surface area contributed by atoms with E-state index >= 15 is 0 Å². The van der Waals surface area contributed by atoms with Crippen LogP contribution in [0.3, 0.4) is 0 Å². The van der Waals surface area contributed by atoms with Crippen LogP contribution in [0.5, 0.6) is 0 Å². The van der Waals surface area contributed by atoms with Crippen LogP contribution >= 0.6 is 0 Å². The molecule has 4 heterocycles. The summed E-state index contributed by atoms with van der Waals surface area (Å²) in [5.74, 6) is 0.0808. The largest absolute Gasteiger partial charge is 0.373 e. The quantitative estimate of drug-likeness (QED) is 0.663. The number of benzene rings is 1. The maximum atomic E-state index is 13.2. The molecule has 0 bridgehead atoms. The number of fused-ring (bicyclic) bond motifs is 2. The second-order valence-corrected chi connectivity index (χ2v) is 8.54. The predicted octanol–water partition coefficient (Wildman–Crippen LogP) is 2.50. The zero-order valence-corrected chi connectivity index (χ0v) is 16.8. The van der Waals surface area contributed by atoms with E-state index < -0.39 is 5.60 Å². The third-order valence-electron chi connectivity index (χ3n) is 6.53. The van der Waals surface area contributed by atoms with Crippen molar-refractivity contribution < 1.29 is 14.3 Å². The minimum absolute atomic E-state index is 0.0357. The maximum Gasteiger partial charge on any atom is 0.257 e. The van der Waals surface area contributed by atoms with Crippen LogP contribution in [-0.2, 0) is 27.9 Å². The molecule has 2 aromatic heterocycles. The van der Waals surface area contributed by atoms with Crippen LogP contribution in [0.15, 0.2) is 43.0 Å². The van der Waals surface area contributed by atoms with E-state index in [1.54, 1.807) is 18.6 Å². The van der Waals surface area contributed by atoms with Gasteiger partial charge < -0.3 is 14.4 Å². The molecule has 3 fully saturated rings. The summed E-state index contributed by atoms with van der Waals surface area (Å²) in [5.41, 5.74) is 2.21. The van der Waals surface area contributed by atoms with Crippen LogP contribution in [-0.4, -0.2) is 48.5 Å². The van der Waals surface area contributed by atoms with Crippen molar-refractivity contribution in [1.29, 1.82) is 0 Å². The van der Waals surface area contributed by atoms with Crippen molar-refractivity contribution in [3.63, 3.8) is 0 Å². The number of hydrogen-bond acceptors (Lipinski definition) is 6. The van der Waals surface area contributed by atoms with E-state index in [2.05, 4.69) is 21.1 Å². The van der Waals surface area contributed by atoms with Gasteiger partial charge in [0.1, 0.15) is 6.23 Å². The summed E-state index contributed by atoms with van der Waals surface area (Å²) < 4.78 is 14.2. The Morgan fingerprint density at radius 2 is 2.17 bits per heavy atom. The van der Waals surface area contributed by atoms with Crippen LogP contribution in [0.2, 0.25) is 0 Å². The first-order chi connectivity index (χ1) is 14.6. The number of ether oxygens (including phenoxy) is 2. The molecular weight excluding hydrogens is 382 g/mol. The van der Waals surface area contributed by atoms with E-state index in [1.165, 1.54) is 0 Å². The summed E-state index contributed by atoms with van der Waals surface area (Å²) >= 11 is 0. The first-order valence-electron chi connectivity index (χ1n) is 10.4. The fourth-order valence-electron chi connectivity index (χ4n) is 5.05. The third-order valence-corrected chi connectivity index (χ3v) is 6.53. The number of nitrogens with zero attached hydrogens (tertiary/aromatic N) is 5. The number of carbonyl (C=O) groups is 1. The van der Waals surface area contributed by atoms with Gasteiger partial charge in [0.15, 0.2) is 5.60 Å². The van der Waals surface area contributed by atoms with Gasteiger partial charge in [0.25, 0.3) is 5.91 Å². The van der Waals surface area contributed by atoms with Gasteiger partial charge in [-0.05, 0) is 30.5 Å². The smallest absolute Gasteiger partial charge is 0.257 e. The average molecular weight is 405 g/mol. The van der Waals surface area contributed by atoms with Gasteiger partial charge in [0.2, 0.25) is 0 Å². The van der Waals surface area contributed by atoms with Gasteiger partial charge in [0.05, 0.1) is 36.2 Å². The zero-order chi connectivity index (χ0) is 20.3. The SMILES string of the molecule is Cn1cc2cc(COC3CC4(C3)O[C@@H]3CC[C@@H](c5cnccn5)N3C4=O)ccc2n1. The molecule has 8 heteroatoms. The fraction of sp³-hybridized carbons (Fsp3) is 0.455. The minimum Gasteiger partial charge on any atom is -0.373 e. The number of aryl methyl sites for hydroxylation is 1. The van der Waals surface area contributed by atoms with E-state index in [0.29, 0.717) is 19.4 Å². The molecule has 3 aliphatic rings. The minimum atomic E-state index is -0.719. The van der Waals surface area contributed by atoms with Gasteiger partial charge >= 0.3 is 0 Å². The topological polar surface area (TPSA) is 82.4 Å². The molecule has 1 saturated carbocycles. The molecule has 6 rings (SSSR count). The van der Waals surface area contributed by atoms with Crippen molar-refractivity contribution >= 4 is 16.8 Å². The lowest BCUT2D eigenvalue weighted by atomic mass is 9.76. The Hall–Kier alpha value is -2.84. The fourth-order valence-corrected chi connectivity index (χ4v) is 5.05. The van der Waals surface area contributed by atoms with Gasteiger partial charge in [-0.25, -0.2) is 0 Å². The first-order valence-corrected chi connectivity index (χ1v) is 10.4. The Morgan fingerprint density at radius 1 is 1.27 bits per heavy atom. The molecule has 154 valence electrons. The summed E-state index contributed by atoms with van der Waals surface area (Å²) in [4.78, 5) is 23.7. The molecule has 2 saturated heterocycles. The molecule has 1 aliphatic carbocycles. The van der Waals surface area contributed by atoms with Crippen molar-refractivity contribution in [3.8, 4) is 0 Å². The lowest BCUT2D eigenvalue weighted by Crippen LogP contribution is -2.54. The molecule has 0 unspecified atom stereocenters. The summed E-state index contributed by atoms with van der Waals surface area (Å²) in [7, 11) is 1.92. The lowest BCUT2D eigenvalue weighted by molar-refractivity contribution is -0.177. The summed E-state index contributed by atoms with van der Waals surface area (Å²) in [6.45, 7) is 0.523. The maximum absolute atomic E-state index is 13.2. The van der Waals surface area contributed by atoms with Gasteiger partial charge in [-0.15, -0.1) is 0 Å². The van der Waals surface area contributed by atoms with E-state index in [1.807, 2.05) is 35.0 Å². The highest BCUT2D eigenvalue weighted by molar-refractivity contribution is 5.89. The van der Waals surface area contributed by atoms with Gasteiger partial charge in [-0.2, -0.15) is 5.10 Å². The van der Waals surface area contributed by atoms with Crippen LogP contribution in [0.1, 0.15) is 43.0 Å². The third kappa shape index (κ3) is 2.74. The number of aromatic nitrogens is 4. The normalized spacial score (nSPS) is 30.2. The highest BCUT2D eigenvalue weighted by Gasteiger charge is 2.63. The zero-order valence-electron chi connectivity index (χ0n) is 16.8. The average Bonchev–Trinajstić information content (AvgIpc) is 3.38. The lowest BCUT2D eigenvalue weighted by Gasteiger charge is -2.42. The number of rotatable bonds is 4. The van der Waals surface area contributed by atoms with Crippen molar-refractivity contribution in [3.05, 3.63) is 54.2 Å². The van der Waals surface area contributed by atoms with E-state index in [9.17, 15) is 4.79 Å². The first kappa shape index (κ1) is 18.0. The van der Waals surface area contributed by atoms with Gasteiger partial charge in [-0.1, -0.05) is 6.07 Å². The van der Waals surface area contributed by atoms with Crippen molar-refractivity contribution in [2.45, 2.75) is 56.3 Å². The Bertz CT molecular complexity index is 1110. The van der Waals surface area contributed by atoms with E-state index in [0.717, 1.165) is 35.0 Å². The Balaban J connectivity index is 1.10. The number of hydrogen-bond donors (Lipinski definition) is 0. The molecular formula is C22H23N5O3. The van der Waals surface area contributed by atoms with Crippen molar-refractivity contribution in [2.75, 3.05) is 0 Å².